The first-order chi connectivity index (χ1) is 5.46. The summed E-state index contributed by atoms with van der Waals surface area (Å²) in [5, 5.41) is -0.730. The standard InChI is InChI=1S/C6H4Cl3FN2/c7-1-2(8)5(11)6(12)3(9)4(1)10/h11-12H2. The molecule has 0 atom stereocenters. The van der Waals surface area contributed by atoms with E-state index in [0.717, 1.165) is 0 Å². The van der Waals surface area contributed by atoms with E-state index in [4.69, 9.17) is 46.3 Å². The lowest BCUT2D eigenvalue weighted by molar-refractivity contribution is 0.629. The molecule has 66 valence electrons. The Morgan fingerprint density at radius 2 is 1.25 bits per heavy atom. The smallest absolute Gasteiger partial charge is 0.164 e. The van der Waals surface area contributed by atoms with E-state index in [2.05, 4.69) is 0 Å². The maximum absolute atomic E-state index is 12.9. The van der Waals surface area contributed by atoms with Gasteiger partial charge in [0.15, 0.2) is 5.82 Å². The van der Waals surface area contributed by atoms with E-state index in [-0.39, 0.29) is 26.4 Å². The molecule has 0 aliphatic rings. The molecule has 0 saturated carbocycles. The van der Waals surface area contributed by atoms with E-state index < -0.39 is 5.82 Å². The summed E-state index contributed by atoms with van der Waals surface area (Å²) in [6.45, 7) is 0. The fraction of sp³-hybridized carbons (Fsp3) is 0. The van der Waals surface area contributed by atoms with Crippen LogP contribution in [0.25, 0.3) is 0 Å². The fourth-order valence-electron chi connectivity index (χ4n) is 0.666. The molecule has 1 aromatic carbocycles. The zero-order chi connectivity index (χ0) is 9.46. The summed E-state index contributed by atoms with van der Waals surface area (Å²) in [4.78, 5) is 0. The number of rotatable bonds is 0. The van der Waals surface area contributed by atoms with Crippen LogP contribution in [0.5, 0.6) is 0 Å². The second-order valence-electron chi connectivity index (χ2n) is 2.08. The Kier molecular flexibility index (Phi) is 2.56. The lowest BCUT2D eigenvalue weighted by Crippen LogP contribution is -1.99. The van der Waals surface area contributed by atoms with Gasteiger partial charge >= 0.3 is 0 Å². The molecule has 0 aliphatic heterocycles. The van der Waals surface area contributed by atoms with Crippen molar-refractivity contribution in [2.45, 2.75) is 0 Å². The molecule has 2 nitrogen and oxygen atoms in total. The first-order valence-electron chi connectivity index (χ1n) is 2.83. The van der Waals surface area contributed by atoms with Crippen LogP contribution < -0.4 is 11.5 Å². The number of nitrogen functional groups attached to an aromatic ring is 2. The molecule has 0 radical (unpaired) electrons. The molecule has 0 spiro atoms. The van der Waals surface area contributed by atoms with Crippen molar-refractivity contribution >= 4 is 46.2 Å². The first-order valence-corrected chi connectivity index (χ1v) is 3.97. The molecule has 0 saturated heterocycles. The molecule has 6 heteroatoms. The SMILES string of the molecule is Nc1c(N)c(Cl)c(Cl)c(F)c1Cl. The van der Waals surface area contributed by atoms with Crippen LogP contribution in [0, 0.1) is 5.82 Å². The van der Waals surface area contributed by atoms with Gasteiger partial charge in [0.2, 0.25) is 0 Å². The van der Waals surface area contributed by atoms with Gasteiger partial charge in [-0.05, 0) is 0 Å². The summed E-state index contributed by atoms with van der Waals surface area (Å²) in [5.74, 6) is -0.852. The minimum atomic E-state index is -0.852. The largest absolute Gasteiger partial charge is 0.396 e. The van der Waals surface area contributed by atoms with Crippen molar-refractivity contribution < 1.29 is 4.39 Å². The first kappa shape index (κ1) is 9.71. The zero-order valence-electron chi connectivity index (χ0n) is 5.67. The zero-order valence-corrected chi connectivity index (χ0v) is 7.93. The van der Waals surface area contributed by atoms with Crippen molar-refractivity contribution in [1.29, 1.82) is 0 Å². The van der Waals surface area contributed by atoms with Crippen LogP contribution in [-0.4, -0.2) is 0 Å². The molecule has 0 heterocycles. The molecule has 0 aromatic heterocycles. The van der Waals surface area contributed by atoms with Crippen LogP contribution >= 0.6 is 34.8 Å². The van der Waals surface area contributed by atoms with Crippen molar-refractivity contribution in [1.82, 2.24) is 0 Å². The van der Waals surface area contributed by atoms with Crippen molar-refractivity contribution in [3.05, 3.63) is 20.9 Å². The van der Waals surface area contributed by atoms with Gasteiger partial charge in [0.05, 0.1) is 21.4 Å². The fourth-order valence-corrected chi connectivity index (χ4v) is 1.29. The highest BCUT2D eigenvalue weighted by Gasteiger charge is 2.17. The van der Waals surface area contributed by atoms with Crippen LogP contribution in [0.2, 0.25) is 15.1 Å². The minimum absolute atomic E-state index is 0.00642. The molecule has 0 bridgehead atoms. The Hall–Kier alpha value is -0.380. The highest BCUT2D eigenvalue weighted by molar-refractivity contribution is 6.46. The van der Waals surface area contributed by atoms with Gasteiger partial charge in [-0.3, -0.25) is 0 Å². The Bertz CT molecular complexity index is 235. The quantitative estimate of drug-likeness (QED) is 0.408. The predicted octanol–water partition coefficient (Wildman–Crippen LogP) is 2.95. The van der Waals surface area contributed by atoms with E-state index >= 15 is 0 Å². The van der Waals surface area contributed by atoms with Gasteiger partial charge in [-0.2, -0.15) is 0 Å². The van der Waals surface area contributed by atoms with Crippen LogP contribution in [0.1, 0.15) is 0 Å². The van der Waals surface area contributed by atoms with Crippen molar-refractivity contribution in [2.24, 2.45) is 0 Å². The second kappa shape index (κ2) is 3.17. The average molecular weight is 229 g/mol. The van der Waals surface area contributed by atoms with Crippen LogP contribution in [0.3, 0.4) is 0 Å². The predicted molar refractivity (Wildman–Crippen MR) is 50.3 cm³/mol. The monoisotopic (exact) mass is 228 g/mol. The van der Waals surface area contributed by atoms with E-state index in [9.17, 15) is 4.39 Å². The van der Waals surface area contributed by atoms with Gasteiger partial charge in [-0.1, -0.05) is 34.8 Å². The molecular formula is C6H4Cl3FN2. The number of nitrogens with two attached hydrogens (primary N) is 2. The number of halogens is 4. The summed E-state index contributed by atoms with van der Waals surface area (Å²) in [7, 11) is 0. The molecule has 1 rings (SSSR count). The molecule has 0 aliphatic carbocycles. The molecule has 0 fully saturated rings. The van der Waals surface area contributed by atoms with Gasteiger partial charge in [-0.15, -0.1) is 0 Å². The molecule has 0 amide bonds. The van der Waals surface area contributed by atoms with E-state index in [1.54, 1.807) is 0 Å². The summed E-state index contributed by atoms with van der Waals surface area (Å²) in [6, 6.07) is 0. The average Bonchev–Trinajstić information content (AvgIpc) is 2.08. The summed E-state index contributed by atoms with van der Waals surface area (Å²) >= 11 is 16.4. The Morgan fingerprint density at radius 1 is 0.833 bits per heavy atom. The number of hydrogen-bond donors (Lipinski definition) is 2. The summed E-state index contributed by atoms with van der Waals surface area (Å²) in [5.41, 5.74) is 10.6. The van der Waals surface area contributed by atoms with Crippen molar-refractivity contribution in [2.75, 3.05) is 11.5 Å². The maximum Gasteiger partial charge on any atom is 0.164 e. The molecule has 4 N–H and O–H groups in total. The molecule has 1 aromatic rings. The van der Waals surface area contributed by atoms with Crippen LogP contribution in [0.4, 0.5) is 15.8 Å². The Balaban J connectivity index is 3.60. The van der Waals surface area contributed by atoms with Crippen LogP contribution in [0.15, 0.2) is 0 Å². The van der Waals surface area contributed by atoms with E-state index in [1.165, 1.54) is 0 Å². The van der Waals surface area contributed by atoms with Gasteiger partial charge in [0.1, 0.15) is 5.02 Å². The Morgan fingerprint density at radius 3 is 1.75 bits per heavy atom. The molecule has 12 heavy (non-hydrogen) atoms. The third kappa shape index (κ3) is 1.28. The number of hydrogen-bond acceptors (Lipinski definition) is 2. The third-order valence-corrected chi connectivity index (χ3v) is 2.55. The molecular weight excluding hydrogens is 225 g/mol. The minimum Gasteiger partial charge on any atom is -0.396 e. The van der Waals surface area contributed by atoms with Gasteiger partial charge in [0, 0.05) is 0 Å². The Labute approximate surface area is 83.2 Å². The normalized spacial score (nSPS) is 10.3. The van der Waals surface area contributed by atoms with Gasteiger partial charge < -0.3 is 11.5 Å². The highest BCUT2D eigenvalue weighted by Crippen LogP contribution is 2.40. The number of anilines is 2. The topological polar surface area (TPSA) is 52.0 Å². The summed E-state index contributed by atoms with van der Waals surface area (Å²) < 4.78 is 12.9. The molecule has 0 unspecified atom stereocenters. The van der Waals surface area contributed by atoms with E-state index in [1.807, 2.05) is 0 Å². The lowest BCUT2D eigenvalue weighted by atomic mass is 10.2. The lowest BCUT2D eigenvalue weighted by Gasteiger charge is -2.07. The summed E-state index contributed by atoms with van der Waals surface area (Å²) in [6.07, 6.45) is 0. The number of benzene rings is 1. The van der Waals surface area contributed by atoms with Gasteiger partial charge in [0.25, 0.3) is 0 Å². The third-order valence-electron chi connectivity index (χ3n) is 1.34. The highest BCUT2D eigenvalue weighted by atomic mass is 35.5. The van der Waals surface area contributed by atoms with E-state index in [0.29, 0.717) is 0 Å². The maximum atomic E-state index is 12.9. The van der Waals surface area contributed by atoms with Crippen LogP contribution in [-0.2, 0) is 0 Å². The second-order valence-corrected chi connectivity index (χ2v) is 3.22. The van der Waals surface area contributed by atoms with Crippen molar-refractivity contribution in [3.63, 3.8) is 0 Å². The van der Waals surface area contributed by atoms with Gasteiger partial charge in [-0.25, -0.2) is 4.39 Å². The van der Waals surface area contributed by atoms with Crippen molar-refractivity contribution in [3.8, 4) is 0 Å².